The number of aromatic nitrogens is 3. The molecule has 0 radical (unpaired) electrons. The van der Waals surface area contributed by atoms with Crippen molar-refractivity contribution >= 4 is 23.6 Å². The molecule has 0 bridgehead atoms. The zero-order chi connectivity index (χ0) is 23.4. The standard InChI is InChI=1S/C18H21N5O8S/c19-8(7-32-10-3-1-2-5-20-10)15(27)22-11(17(28)29)14-12(25)13(26)16(31-14)23-6-4-9(24)21-18(23)30/h1-6,8,11-14,16,25-26H,7,19H2,(H,22,27)(H,28,29)(H,21,24,30)/t8-,11-,12-,13+,14+,16+/m0/s1. The molecule has 3 rings (SSSR count). The number of pyridine rings is 1. The minimum Gasteiger partial charge on any atom is -0.480 e. The van der Waals surface area contributed by atoms with Gasteiger partial charge in [0.1, 0.15) is 18.3 Å². The Kier molecular flexibility index (Phi) is 7.42. The molecule has 14 heteroatoms. The number of nitrogens with one attached hydrogen (secondary N) is 2. The van der Waals surface area contributed by atoms with Crippen LogP contribution in [0, 0.1) is 0 Å². The van der Waals surface area contributed by atoms with Crippen LogP contribution in [0.25, 0.3) is 0 Å². The highest BCUT2D eigenvalue weighted by Crippen LogP contribution is 2.30. The normalized spacial score (nSPS) is 24.6. The van der Waals surface area contributed by atoms with E-state index in [4.69, 9.17) is 10.5 Å². The van der Waals surface area contributed by atoms with Gasteiger partial charge in [-0.25, -0.2) is 14.6 Å². The van der Waals surface area contributed by atoms with Crippen LogP contribution in [0.5, 0.6) is 0 Å². The summed E-state index contributed by atoms with van der Waals surface area (Å²) in [6.07, 6.45) is -3.97. The maximum atomic E-state index is 12.4. The van der Waals surface area contributed by atoms with E-state index in [9.17, 15) is 34.5 Å². The van der Waals surface area contributed by atoms with Gasteiger partial charge in [0.25, 0.3) is 5.56 Å². The Balaban J connectivity index is 1.70. The number of amides is 1. The summed E-state index contributed by atoms with van der Waals surface area (Å²) in [7, 11) is 0. The summed E-state index contributed by atoms with van der Waals surface area (Å²) in [5.74, 6) is -2.27. The first-order valence-electron chi connectivity index (χ1n) is 9.34. The Morgan fingerprint density at radius 1 is 1.28 bits per heavy atom. The van der Waals surface area contributed by atoms with Crippen molar-refractivity contribution in [2.24, 2.45) is 5.73 Å². The number of aliphatic hydroxyl groups is 2. The number of carbonyl (C=O) groups excluding carboxylic acids is 1. The van der Waals surface area contributed by atoms with E-state index >= 15 is 0 Å². The van der Waals surface area contributed by atoms with Crippen LogP contribution < -0.4 is 22.3 Å². The number of ether oxygens (including phenoxy) is 1. The summed E-state index contributed by atoms with van der Waals surface area (Å²) in [6.45, 7) is 0. The molecule has 2 aromatic heterocycles. The lowest BCUT2D eigenvalue weighted by Gasteiger charge is -2.24. The van der Waals surface area contributed by atoms with E-state index in [1.807, 2.05) is 4.98 Å². The van der Waals surface area contributed by atoms with E-state index < -0.39 is 59.7 Å². The largest absolute Gasteiger partial charge is 0.480 e. The van der Waals surface area contributed by atoms with Crippen LogP contribution in [0.3, 0.4) is 0 Å². The third-order valence-electron chi connectivity index (χ3n) is 4.68. The lowest BCUT2D eigenvalue weighted by molar-refractivity contribution is -0.149. The van der Waals surface area contributed by atoms with E-state index in [0.29, 0.717) is 5.03 Å². The SMILES string of the molecule is N[C@@H](CSc1ccccn1)C(=O)N[C@H](C(=O)O)[C@H]1O[C@@H](n2ccc(=O)[nH]c2=O)[C@H](O)[C@@H]1O. The molecule has 0 aromatic carbocycles. The number of carbonyl (C=O) groups is 2. The van der Waals surface area contributed by atoms with E-state index in [-0.39, 0.29) is 5.75 Å². The summed E-state index contributed by atoms with van der Waals surface area (Å²) in [5, 5.41) is 33.0. The van der Waals surface area contributed by atoms with E-state index in [1.54, 1.807) is 24.4 Å². The minimum absolute atomic E-state index is 0.0985. The molecule has 1 aliphatic heterocycles. The molecule has 0 spiro atoms. The van der Waals surface area contributed by atoms with Crippen LogP contribution in [0.2, 0.25) is 0 Å². The van der Waals surface area contributed by atoms with Crippen molar-refractivity contribution in [1.82, 2.24) is 19.9 Å². The maximum absolute atomic E-state index is 12.4. The van der Waals surface area contributed by atoms with Gasteiger partial charge in [-0.15, -0.1) is 11.8 Å². The summed E-state index contributed by atoms with van der Waals surface area (Å²) in [6, 6.07) is 3.32. The number of nitrogens with two attached hydrogens (primary N) is 1. The van der Waals surface area contributed by atoms with Gasteiger partial charge < -0.3 is 31.1 Å². The molecule has 32 heavy (non-hydrogen) atoms. The summed E-state index contributed by atoms with van der Waals surface area (Å²) >= 11 is 1.19. The second-order valence-corrected chi connectivity index (χ2v) is 7.94. The van der Waals surface area contributed by atoms with Gasteiger partial charge in [0.05, 0.1) is 11.1 Å². The van der Waals surface area contributed by atoms with Crippen LogP contribution in [-0.2, 0) is 14.3 Å². The average molecular weight is 467 g/mol. The molecule has 0 aliphatic carbocycles. The van der Waals surface area contributed by atoms with Crippen molar-refractivity contribution in [3.63, 3.8) is 0 Å². The summed E-state index contributed by atoms with van der Waals surface area (Å²) in [4.78, 5) is 53.5. The van der Waals surface area contributed by atoms with E-state index in [1.165, 1.54) is 11.8 Å². The summed E-state index contributed by atoms with van der Waals surface area (Å²) < 4.78 is 6.21. The van der Waals surface area contributed by atoms with Crippen LogP contribution in [0.15, 0.2) is 51.3 Å². The molecule has 13 nitrogen and oxygen atoms in total. The number of aromatic amines is 1. The molecule has 7 N–H and O–H groups in total. The van der Waals surface area contributed by atoms with Crippen molar-refractivity contribution in [1.29, 1.82) is 0 Å². The van der Waals surface area contributed by atoms with E-state index in [2.05, 4.69) is 10.3 Å². The molecule has 3 heterocycles. The number of nitrogens with zero attached hydrogens (tertiary/aromatic N) is 2. The Morgan fingerprint density at radius 2 is 2.03 bits per heavy atom. The van der Waals surface area contributed by atoms with Crippen molar-refractivity contribution in [3.05, 3.63) is 57.5 Å². The molecule has 0 unspecified atom stereocenters. The fourth-order valence-electron chi connectivity index (χ4n) is 3.05. The zero-order valence-corrected chi connectivity index (χ0v) is 17.2. The molecule has 172 valence electrons. The van der Waals surface area contributed by atoms with E-state index in [0.717, 1.165) is 16.8 Å². The topological polar surface area (TPSA) is 210 Å². The molecule has 1 aliphatic rings. The molecular formula is C18H21N5O8S. The van der Waals surface area contributed by atoms with Gasteiger partial charge in [0.15, 0.2) is 12.3 Å². The molecule has 2 aromatic rings. The smallest absolute Gasteiger partial charge is 0.330 e. The lowest BCUT2D eigenvalue weighted by atomic mass is 10.0. The van der Waals surface area contributed by atoms with Crippen LogP contribution in [0.4, 0.5) is 0 Å². The number of hydrogen-bond acceptors (Lipinski definition) is 10. The molecule has 0 saturated carbocycles. The van der Waals surface area contributed by atoms with Crippen LogP contribution in [-0.4, -0.2) is 77.9 Å². The fourth-order valence-corrected chi connectivity index (χ4v) is 3.86. The predicted octanol–water partition coefficient (Wildman–Crippen LogP) is -2.76. The highest BCUT2D eigenvalue weighted by atomic mass is 32.2. The van der Waals surface area contributed by atoms with Gasteiger partial charge in [0.2, 0.25) is 5.91 Å². The highest BCUT2D eigenvalue weighted by molar-refractivity contribution is 7.99. The van der Waals surface area contributed by atoms with Gasteiger partial charge in [-0.05, 0) is 12.1 Å². The molecular weight excluding hydrogens is 446 g/mol. The Bertz CT molecular complexity index is 1080. The first kappa shape index (κ1) is 23.6. The zero-order valence-electron chi connectivity index (χ0n) is 16.4. The first-order valence-corrected chi connectivity index (χ1v) is 10.3. The Labute approximate surface area is 184 Å². The third-order valence-corrected chi connectivity index (χ3v) is 5.74. The quantitative estimate of drug-likeness (QED) is 0.219. The van der Waals surface area contributed by atoms with Crippen molar-refractivity contribution < 1.29 is 29.6 Å². The van der Waals surface area contributed by atoms with Crippen molar-refractivity contribution in [2.45, 2.75) is 41.6 Å². The fraction of sp³-hybridized carbons (Fsp3) is 0.389. The van der Waals surface area contributed by atoms with Gasteiger partial charge in [0, 0.05) is 24.2 Å². The number of thioether (sulfide) groups is 1. The van der Waals surface area contributed by atoms with Gasteiger partial charge >= 0.3 is 11.7 Å². The monoisotopic (exact) mass is 467 g/mol. The highest BCUT2D eigenvalue weighted by Gasteiger charge is 2.50. The van der Waals surface area contributed by atoms with Gasteiger partial charge in [-0.1, -0.05) is 6.07 Å². The van der Waals surface area contributed by atoms with Gasteiger partial charge in [-0.3, -0.25) is 19.1 Å². The number of carboxylic acids is 1. The lowest BCUT2D eigenvalue weighted by Crippen LogP contribution is -2.56. The molecule has 1 amide bonds. The first-order chi connectivity index (χ1) is 15.2. The number of H-pyrrole nitrogens is 1. The average Bonchev–Trinajstić information content (AvgIpc) is 3.05. The molecule has 6 atom stereocenters. The number of carboxylic acid groups (broad SMARTS) is 1. The molecule has 1 fully saturated rings. The predicted molar refractivity (Wildman–Crippen MR) is 110 cm³/mol. The minimum atomic E-state index is -1.78. The number of hydrogen-bond donors (Lipinski definition) is 6. The number of rotatable bonds is 8. The molecule has 1 saturated heterocycles. The number of aliphatic carboxylic acids is 1. The summed E-state index contributed by atoms with van der Waals surface area (Å²) in [5.41, 5.74) is 4.22. The maximum Gasteiger partial charge on any atom is 0.330 e. The van der Waals surface area contributed by atoms with Crippen LogP contribution >= 0.6 is 11.8 Å². The van der Waals surface area contributed by atoms with Gasteiger partial charge in [-0.2, -0.15) is 0 Å². The Morgan fingerprint density at radius 3 is 2.66 bits per heavy atom. The van der Waals surface area contributed by atoms with Crippen LogP contribution in [0.1, 0.15) is 6.23 Å². The Hall–Kier alpha value is -3.04. The third kappa shape index (κ3) is 5.23. The van der Waals surface area contributed by atoms with Crippen molar-refractivity contribution in [3.8, 4) is 0 Å². The number of aliphatic hydroxyl groups excluding tert-OH is 2. The second kappa shape index (κ2) is 10.1. The second-order valence-electron chi connectivity index (χ2n) is 6.90. The van der Waals surface area contributed by atoms with Crippen molar-refractivity contribution in [2.75, 3.05) is 5.75 Å².